The lowest BCUT2D eigenvalue weighted by Gasteiger charge is -2.11. The topological polar surface area (TPSA) is 110 Å². The Morgan fingerprint density at radius 1 is 0.871 bits per heavy atom. The molecular formula is C23H23N3O5. The number of anilines is 1. The SMILES string of the molecule is CCOc1ccc(CNC(=O)C(=O)Nc2ccccc2C(=O)NCc2ccco2)cc1. The number of amides is 3. The minimum Gasteiger partial charge on any atom is -0.494 e. The first-order chi connectivity index (χ1) is 15.1. The lowest BCUT2D eigenvalue weighted by atomic mass is 10.1. The van der Waals surface area contributed by atoms with Crippen molar-refractivity contribution < 1.29 is 23.5 Å². The lowest BCUT2D eigenvalue weighted by Crippen LogP contribution is -2.35. The zero-order chi connectivity index (χ0) is 22.1. The number of ether oxygens (including phenoxy) is 1. The molecule has 0 aliphatic rings. The highest BCUT2D eigenvalue weighted by Crippen LogP contribution is 2.15. The van der Waals surface area contributed by atoms with Crippen LogP contribution in [0.15, 0.2) is 71.3 Å². The summed E-state index contributed by atoms with van der Waals surface area (Å²) in [6, 6.07) is 17.1. The minimum absolute atomic E-state index is 0.184. The summed E-state index contributed by atoms with van der Waals surface area (Å²) in [4.78, 5) is 37.0. The van der Waals surface area contributed by atoms with Gasteiger partial charge in [-0.3, -0.25) is 14.4 Å². The summed E-state index contributed by atoms with van der Waals surface area (Å²) >= 11 is 0. The molecule has 0 aliphatic heterocycles. The zero-order valence-corrected chi connectivity index (χ0v) is 17.0. The van der Waals surface area contributed by atoms with Crippen LogP contribution in [0.2, 0.25) is 0 Å². The quantitative estimate of drug-likeness (QED) is 0.485. The Morgan fingerprint density at radius 2 is 1.65 bits per heavy atom. The van der Waals surface area contributed by atoms with E-state index in [0.29, 0.717) is 12.4 Å². The number of para-hydroxylation sites is 1. The molecule has 8 heteroatoms. The predicted molar refractivity (Wildman–Crippen MR) is 114 cm³/mol. The Labute approximate surface area is 179 Å². The van der Waals surface area contributed by atoms with E-state index in [4.69, 9.17) is 9.15 Å². The molecule has 1 heterocycles. The van der Waals surface area contributed by atoms with Crippen molar-refractivity contribution in [2.24, 2.45) is 0 Å². The van der Waals surface area contributed by atoms with Gasteiger partial charge in [0.1, 0.15) is 11.5 Å². The summed E-state index contributed by atoms with van der Waals surface area (Å²) in [7, 11) is 0. The molecule has 3 aromatic rings. The Hall–Kier alpha value is -4.07. The smallest absolute Gasteiger partial charge is 0.313 e. The summed E-state index contributed by atoms with van der Waals surface area (Å²) in [6.07, 6.45) is 1.52. The van der Waals surface area contributed by atoms with Crippen molar-refractivity contribution >= 4 is 23.4 Å². The van der Waals surface area contributed by atoms with Gasteiger partial charge in [-0.1, -0.05) is 24.3 Å². The second kappa shape index (κ2) is 10.6. The number of hydrogen-bond donors (Lipinski definition) is 3. The zero-order valence-electron chi connectivity index (χ0n) is 17.0. The van der Waals surface area contributed by atoms with E-state index in [1.807, 2.05) is 19.1 Å². The molecule has 160 valence electrons. The summed E-state index contributed by atoms with van der Waals surface area (Å²) in [5.74, 6) is -0.736. The van der Waals surface area contributed by atoms with Gasteiger partial charge < -0.3 is 25.1 Å². The molecule has 0 aliphatic carbocycles. The highest BCUT2D eigenvalue weighted by Gasteiger charge is 2.18. The molecule has 0 saturated carbocycles. The maximum atomic E-state index is 12.5. The maximum absolute atomic E-state index is 12.5. The van der Waals surface area contributed by atoms with Crippen LogP contribution >= 0.6 is 0 Å². The number of hydrogen-bond acceptors (Lipinski definition) is 5. The van der Waals surface area contributed by atoms with Crippen molar-refractivity contribution in [3.8, 4) is 5.75 Å². The van der Waals surface area contributed by atoms with Gasteiger partial charge in [0, 0.05) is 6.54 Å². The second-order valence-corrected chi connectivity index (χ2v) is 6.52. The number of furan rings is 1. The Kier molecular flexibility index (Phi) is 7.42. The van der Waals surface area contributed by atoms with Crippen molar-refractivity contribution in [1.82, 2.24) is 10.6 Å². The summed E-state index contributed by atoms with van der Waals surface area (Å²) in [5, 5.41) is 7.76. The van der Waals surface area contributed by atoms with Crippen molar-refractivity contribution in [3.05, 3.63) is 83.8 Å². The van der Waals surface area contributed by atoms with Gasteiger partial charge in [-0.15, -0.1) is 0 Å². The molecule has 3 N–H and O–H groups in total. The fourth-order valence-corrected chi connectivity index (χ4v) is 2.78. The summed E-state index contributed by atoms with van der Waals surface area (Å²) < 4.78 is 10.6. The van der Waals surface area contributed by atoms with Gasteiger partial charge in [-0.2, -0.15) is 0 Å². The van der Waals surface area contributed by atoms with Crippen LogP contribution in [0, 0.1) is 0 Å². The Bertz CT molecular complexity index is 1030. The van der Waals surface area contributed by atoms with Gasteiger partial charge in [-0.25, -0.2) is 0 Å². The van der Waals surface area contributed by atoms with Gasteiger partial charge >= 0.3 is 11.8 Å². The molecule has 0 atom stereocenters. The minimum atomic E-state index is -0.864. The van der Waals surface area contributed by atoms with Crippen LogP contribution in [-0.2, 0) is 22.7 Å². The second-order valence-electron chi connectivity index (χ2n) is 6.52. The van der Waals surface area contributed by atoms with Crippen molar-refractivity contribution in [3.63, 3.8) is 0 Å². The third-order valence-electron chi connectivity index (χ3n) is 4.32. The third-order valence-corrected chi connectivity index (χ3v) is 4.32. The van der Waals surface area contributed by atoms with E-state index < -0.39 is 17.7 Å². The molecule has 8 nitrogen and oxygen atoms in total. The molecule has 3 rings (SSSR count). The van der Waals surface area contributed by atoms with Gasteiger partial charge in [0.15, 0.2) is 0 Å². The fourth-order valence-electron chi connectivity index (χ4n) is 2.78. The van der Waals surface area contributed by atoms with E-state index in [1.54, 1.807) is 48.5 Å². The van der Waals surface area contributed by atoms with Crippen molar-refractivity contribution in [1.29, 1.82) is 0 Å². The van der Waals surface area contributed by atoms with Crippen molar-refractivity contribution in [2.75, 3.05) is 11.9 Å². The fraction of sp³-hybridized carbons (Fsp3) is 0.174. The van der Waals surface area contributed by atoms with E-state index in [0.717, 1.165) is 11.3 Å². The van der Waals surface area contributed by atoms with Crippen LogP contribution < -0.4 is 20.7 Å². The molecule has 1 aromatic heterocycles. The van der Waals surface area contributed by atoms with Crippen LogP contribution in [0.3, 0.4) is 0 Å². The monoisotopic (exact) mass is 421 g/mol. The van der Waals surface area contributed by atoms with E-state index >= 15 is 0 Å². The molecule has 3 amide bonds. The number of carbonyl (C=O) groups excluding carboxylic acids is 3. The number of carbonyl (C=O) groups is 3. The van der Waals surface area contributed by atoms with Gasteiger partial charge in [-0.05, 0) is 48.9 Å². The van der Waals surface area contributed by atoms with Crippen LogP contribution in [0.5, 0.6) is 5.75 Å². The summed E-state index contributed by atoms with van der Waals surface area (Å²) in [5.41, 5.74) is 1.30. The largest absolute Gasteiger partial charge is 0.494 e. The summed E-state index contributed by atoms with van der Waals surface area (Å²) in [6.45, 7) is 2.85. The first-order valence-electron chi connectivity index (χ1n) is 9.77. The average molecular weight is 421 g/mol. The van der Waals surface area contributed by atoms with E-state index in [9.17, 15) is 14.4 Å². The molecule has 2 aromatic carbocycles. The highest BCUT2D eigenvalue weighted by molar-refractivity contribution is 6.40. The molecule has 0 spiro atoms. The number of benzene rings is 2. The number of rotatable bonds is 8. The normalized spacial score (nSPS) is 10.2. The highest BCUT2D eigenvalue weighted by atomic mass is 16.5. The van der Waals surface area contributed by atoms with Gasteiger partial charge in [0.25, 0.3) is 5.91 Å². The van der Waals surface area contributed by atoms with Crippen LogP contribution in [0.4, 0.5) is 5.69 Å². The first kappa shape index (κ1) is 21.6. The third kappa shape index (κ3) is 6.20. The molecule has 0 radical (unpaired) electrons. The molecule has 0 unspecified atom stereocenters. The number of nitrogens with one attached hydrogen (secondary N) is 3. The standard InChI is InChI=1S/C23H23N3O5/c1-2-30-17-11-9-16(10-12-17)14-24-22(28)23(29)26-20-8-4-3-7-19(20)21(27)25-15-18-6-5-13-31-18/h3-13H,2,14-15H2,1H3,(H,24,28)(H,25,27)(H,26,29). The molecule has 31 heavy (non-hydrogen) atoms. The molecular weight excluding hydrogens is 398 g/mol. The molecule has 0 fully saturated rings. The van der Waals surface area contributed by atoms with E-state index in [-0.39, 0.29) is 24.3 Å². The van der Waals surface area contributed by atoms with Gasteiger partial charge in [0.05, 0.1) is 30.7 Å². The van der Waals surface area contributed by atoms with Gasteiger partial charge in [0.2, 0.25) is 0 Å². The van der Waals surface area contributed by atoms with E-state index in [2.05, 4.69) is 16.0 Å². The molecule has 0 bridgehead atoms. The van der Waals surface area contributed by atoms with Crippen LogP contribution in [0.25, 0.3) is 0 Å². The van der Waals surface area contributed by atoms with Crippen LogP contribution in [-0.4, -0.2) is 24.3 Å². The predicted octanol–water partition coefficient (Wildman–Crippen LogP) is 2.86. The van der Waals surface area contributed by atoms with Crippen LogP contribution in [0.1, 0.15) is 28.6 Å². The Balaban J connectivity index is 1.55. The van der Waals surface area contributed by atoms with Crippen molar-refractivity contribution in [2.45, 2.75) is 20.0 Å². The molecule has 0 saturated heterocycles. The van der Waals surface area contributed by atoms with E-state index in [1.165, 1.54) is 6.26 Å². The Morgan fingerprint density at radius 3 is 2.35 bits per heavy atom. The average Bonchev–Trinajstić information content (AvgIpc) is 3.31. The lowest BCUT2D eigenvalue weighted by molar-refractivity contribution is -0.136. The maximum Gasteiger partial charge on any atom is 0.313 e. The first-order valence-corrected chi connectivity index (χ1v) is 9.77.